The average molecular weight is 299 g/mol. The van der Waals surface area contributed by atoms with Gasteiger partial charge in [0, 0.05) is 17.5 Å². The molecule has 3 aromatic rings. The maximum atomic E-state index is 5.95. The number of nitrogens with one attached hydrogen (secondary N) is 1. The Morgan fingerprint density at radius 1 is 1.24 bits per heavy atom. The van der Waals surface area contributed by atoms with Crippen LogP contribution in [0.5, 0.6) is 5.75 Å². The number of benzene rings is 2. The van der Waals surface area contributed by atoms with Crippen LogP contribution in [0.2, 0.25) is 0 Å². The van der Waals surface area contributed by atoms with Crippen LogP contribution in [0.15, 0.2) is 47.6 Å². The van der Waals surface area contributed by atoms with Crippen molar-refractivity contribution in [1.29, 1.82) is 0 Å². The molecule has 0 saturated heterocycles. The molecule has 0 bridgehead atoms. The van der Waals surface area contributed by atoms with E-state index in [-0.39, 0.29) is 0 Å². The van der Waals surface area contributed by atoms with Crippen molar-refractivity contribution in [1.82, 2.24) is 9.97 Å². The molecule has 0 amide bonds. The van der Waals surface area contributed by atoms with E-state index in [0.29, 0.717) is 6.61 Å². The number of H-pyrrole nitrogens is 1. The number of fused-ring (bicyclic) bond motifs is 1. The van der Waals surface area contributed by atoms with Crippen LogP contribution in [-0.2, 0) is 5.75 Å². The molecular weight excluding hydrogens is 282 g/mol. The normalized spacial score (nSPS) is 10.9. The highest BCUT2D eigenvalue weighted by Gasteiger charge is 2.06. The molecule has 0 spiro atoms. The molecule has 1 aromatic heterocycles. The van der Waals surface area contributed by atoms with Gasteiger partial charge in [0.2, 0.25) is 0 Å². The standard InChI is InChI=1S/C16H17N3OS/c1-2-20-12-7-8-14-15(9-12)19-16(18-14)21-10-11-5-3-4-6-13(11)17/h3-9H,2,10,17H2,1H3,(H,18,19). The quantitative estimate of drug-likeness (QED) is 0.555. The van der Waals surface area contributed by atoms with Crippen molar-refractivity contribution in [2.75, 3.05) is 12.3 Å². The van der Waals surface area contributed by atoms with Crippen LogP contribution in [0.4, 0.5) is 5.69 Å². The number of hydrogen-bond donors (Lipinski definition) is 2. The topological polar surface area (TPSA) is 63.9 Å². The molecule has 3 N–H and O–H groups in total. The van der Waals surface area contributed by atoms with E-state index < -0.39 is 0 Å². The van der Waals surface area contributed by atoms with Crippen LogP contribution < -0.4 is 10.5 Å². The van der Waals surface area contributed by atoms with Crippen molar-refractivity contribution < 1.29 is 4.74 Å². The van der Waals surface area contributed by atoms with Crippen molar-refractivity contribution in [3.8, 4) is 5.75 Å². The Hall–Kier alpha value is -2.14. The van der Waals surface area contributed by atoms with E-state index in [9.17, 15) is 0 Å². The molecule has 0 aliphatic heterocycles. The number of para-hydroxylation sites is 1. The molecule has 4 nitrogen and oxygen atoms in total. The summed E-state index contributed by atoms with van der Waals surface area (Å²) in [6.45, 7) is 2.64. The van der Waals surface area contributed by atoms with Crippen molar-refractivity contribution >= 4 is 28.5 Å². The number of thioether (sulfide) groups is 1. The lowest BCUT2D eigenvalue weighted by atomic mass is 10.2. The Morgan fingerprint density at radius 3 is 2.90 bits per heavy atom. The first-order chi connectivity index (χ1) is 10.3. The number of aromatic nitrogens is 2. The maximum Gasteiger partial charge on any atom is 0.166 e. The third-order valence-electron chi connectivity index (χ3n) is 3.16. The Morgan fingerprint density at radius 2 is 2.10 bits per heavy atom. The third-order valence-corrected chi connectivity index (χ3v) is 4.08. The number of rotatable bonds is 5. The smallest absolute Gasteiger partial charge is 0.166 e. The van der Waals surface area contributed by atoms with E-state index in [1.807, 2.05) is 49.4 Å². The summed E-state index contributed by atoms with van der Waals surface area (Å²) < 4.78 is 5.50. The number of hydrogen-bond acceptors (Lipinski definition) is 4. The molecule has 3 rings (SSSR count). The summed E-state index contributed by atoms with van der Waals surface area (Å²) >= 11 is 1.65. The molecule has 21 heavy (non-hydrogen) atoms. The van der Waals surface area contributed by atoms with Gasteiger partial charge < -0.3 is 15.5 Å². The summed E-state index contributed by atoms with van der Waals surface area (Å²) in [5.41, 5.74) is 9.83. The lowest BCUT2D eigenvalue weighted by Gasteiger charge is -2.02. The highest BCUT2D eigenvalue weighted by molar-refractivity contribution is 7.98. The first kappa shape index (κ1) is 13.8. The van der Waals surface area contributed by atoms with Gasteiger partial charge in [-0.1, -0.05) is 30.0 Å². The van der Waals surface area contributed by atoms with E-state index in [4.69, 9.17) is 10.5 Å². The number of nitrogen functional groups attached to an aromatic ring is 1. The second-order valence-corrected chi connectivity index (χ2v) is 5.61. The summed E-state index contributed by atoms with van der Waals surface area (Å²) in [6.07, 6.45) is 0. The Balaban J connectivity index is 1.77. The maximum absolute atomic E-state index is 5.95. The molecule has 0 saturated carbocycles. The van der Waals surface area contributed by atoms with Gasteiger partial charge in [0.1, 0.15) is 5.75 Å². The molecule has 0 aliphatic rings. The van der Waals surface area contributed by atoms with Gasteiger partial charge in [-0.25, -0.2) is 4.98 Å². The monoisotopic (exact) mass is 299 g/mol. The number of ether oxygens (including phenoxy) is 1. The van der Waals surface area contributed by atoms with Crippen LogP contribution in [0, 0.1) is 0 Å². The van der Waals surface area contributed by atoms with E-state index in [0.717, 1.165) is 38.9 Å². The van der Waals surface area contributed by atoms with Gasteiger partial charge in [0.25, 0.3) is 0 Å². The number of nitrogens with zero attached hydrogens (tertiary/aromatic N) is 1. The minimum absolute atomic E-state index is 0.661. The van der Waals surface area contributed by atoms with Crippen LogP contribution in [-0.4, -0.2) is 16.6 Å². The molecule has 108 valence electrons. The van der Waals surface area contributed by atoms with E-state index in [1.54, 1.807) is 11.8 Å². The van der Waals surface area contributed by atoms with E-state index in [1.165, 1.54) is 0 Å². The molecule has 1 heterocycles. The molecule has 0 atom stereocenters. The fourth-order valence-electron chi connectivity index (χ4n) is 2.10. The van der Waals surface area contributed by atoms with Gasteiger partial charge in [-0.3, -0.25) is 0 Å². The van der Waals surface area contributed by atoms with Crippen LogP contribution in [0.25, 0.3) is 11.0 Å². The Kier molecular flexibility index (Phi) is 4.01. The zero-order chi connectivity index (χ0) is 14.7. The van der Waals surface area contributed by atoms with Crippen LogP contribution in [0.1, 0.15) is 12.5 Å². The van der Waals surface area contributed by atoms with Gasteiger partial charge in [-0.2, -0.15) is 0 Å². The molecule has 2 aromatic carbocycles. The SMILES string of the molecule is CCOc1ccc2nc(SCc3ccccc3N)[nH]c2c1. The fourth-order valence-corrected chi connectivity index (χ4v) is 3.00. The largest absolute Gasteiger partial charge is 0.494 e. The highest BCUT2D eigenvalue weighted by atomic mass is 32.2. The average Bonchev–Trinajstić information content (AvgIpc) is 2.89. The second kappa shape index (κ2) is 6.10. The Bertz CT molecular complexity index is 754. The summed E-state index contributed by atoms with van der Waals surface area (Å²) in [6, 6.07) is 13.8. The van der Waals surface area contributed by atoms with Gasteiger partial charge in [-0.05, 0) is 30.7 Å². The second-order valence-electron chi connectivity index (χ2n) is 4.64. The van der Waals surface area contributed by atoms with Gasteiger partial charge in [0.15, 0.2) is 5.16 Å². The molecule has 0 unspecified atom stereocenters. The summed E-state index contributed by atoms with van der Waals surface area (Å²) in [5, 5.41) is 0.891. The predicted octanol–water partition coefficient (Wildman–Crippen LogP) is 3.84. The summed E-state index contributed by atoms with van der Waals surface area (Å²) in [7, 11) is 0. The molecule has 0 aliphatic carbocycles. The molecule has 0 fully saturated rings. The van der Waals surface area contributed by atoms with Crippen molar-refractivity contribution in [2.24, 2.45) is 0 Å². The Labute approximate surface area is 127 Å². The highest BCUT2D eigenvalue weighted by Crippen LogP contribution is 2.27. The summed E-state index contributed by atoms with van der Waals surface area (Å²) in [5.74, 6) is 1.66. The summed E-state index contributed by atoms with van der Waals surface area (Å²) in [4.78, 5) is 7.88. The van der Waals surface area contributed by atoms with E-state index in [2.05, 4.69) is 9.97 Å². The van der Waals surface area contributed by atoms with Crippen molar-refractivity contribution in [3.63, 3.8) is 0 Å². The number of imidazole rings is 1. The van der Waals surface area contributed by atoms with Crippen molar-refractivity contribution in [3.05, 3.63) is 48.0 Å². The molecular formula is C16H17N3OS. The van der Waals surface area contributed by atoms with Gasteiger partial charge in [0.05, 0.1) is 17.6 Å². The van der Waals surface area contributed by atoms with Crippen LogP contribution >= 0.6 is 11.8 Å². The van der Waals surface area contributed by atoms with Gasteiger partial charge in [-0.15, -0.1) is 0 Å². The van der Waals surface area contributed by atoms with Crippen molar-refractivity contribution in [2.45, 2.75) is 17.8 Å². The lowest BCUT2D eigenvalue weighted by molar-refractivity contribution is 0.340. The molecule has 0 radical (unpaired) electrons. The first-order valence-electron chi connectivity index (χ1n) is 6.85. The van der Waals surface area contributed by atoms with Crippen LogP contribution in [0.3, 0.4) is 0 Å². The first-order valence-corrected chi connectivity index (χ1v) is 7.83. The zero-order valence-corrected chi connectivity index (χ0v) is 12.6. The third kappa shape index (κ3) is 3.13. The fraction of sp³-hybridized carbons (Fsp3) is 0.188. The number of nitrogens with two attached hydrogens (primary N) is 1. The number of aromatic amines is 1. The zero-order valence-electron chi connectivity index (χ0n) is 11.8. The lowest BCUT2D eigenvalue weighted by Crippen LogP contribution is -1.91. The van der Waals surface area contributed by atoms with Gasteiger partial charge >= 0.3 is 0 Å². The number of anilines is 1. The minimum atomic E-state index is 0.661. The molecule has 5 heteroatoms. The van der Waals surface area contributed by atoms with E-state index >= 15 is 0 Å². The minimum Gasteiger partial charge on any atom is -0.494 e. The predicted molar refractivity (Wildman–Crippen MR) is 87.7 cm³/mol.